The van der Waals surface area contributed by atoms with Crippen molar-refractivity contribution < 1.29 is 9.59 Å². The summed E-state index contributed by atoms with van der Waals surface area (Å²) in [5.41, 5.74) is 1.09. The van der Waals surface area contributed by atoms with Crippen molar-refractivity contribution in [1.82, 2.24) is 10.6 Å². The molecule has 1 aliphatic carbocycles. The lowest BCUT2D eigenvalue weighted by atomic mass is 10.0. The number of amides is 2. The second kappa shape index (κ2) is 7.75. The van der Waals surface area contributed by atoms with Crippen LogP contribution in [0.25, 0.3) is 0 Å². The number of hydrogen-bond acceptors (Lipinski definition) is 4. The molecule has 122 valence electrons. The topological polar surface area (TPSA) is 94.0 Å². The van der Waals surface area contributed by atoms with Crippen molar-refractivity contribution in [2.75, 3.05) is 12.4 Å². The fourth-order valence-electron chi connectivity index (χ4n) is 2.97. The molecule has 2 amide bonds. The van der Waals surface area contributed by atoms with Gasteiger partial charge in [0.15, 0.2) is 0 Å². The summed E-state index contributed by atoms with van der Waals surface area (Å²) in [6, 6.07) is 8.42. The van der Waals surface area contributed by atoms with E-state index in [9.17, 15) is 9.59 Å². The van der Waals surface area contributed by atoms with Gasteiger partial charge in [0.05, 0.1) is 23.6 Å². The monoisotopic (exact) mass is 314 g/mol. The van der Waals surface area contributed by atoms with Crippen LogP contribution in [0.4, 0.5) is 5.69 Å². The molecule has 0 aromatic heterocycles. The van der Waals surface area contributed by atoms with Crippen molar-refractivity contribution in [2.24, 2.45) is 5.92 Å². The van der Waals surface area contributed by atoms with Crippen molar-refractivity contribution in [3.63, 3.8) is 0 Å². The highest BCUT2D eigenvalue weighted by Crippen LogP contribution is 2.26. The molecule has 3 N–H and O–H groups in total. The van der Waals surface area contributed by atoms with Crippen LogP contribution in [0.15, 0.2) is 24.3 Å². The first-order chi connectivity index (χ1) is 11.0. The highest BCUT2D eigenvalue weighted by molar-refractivity contribution is 5.94. The Labute approximate surface area is 136 Å². The summed E-state index contributed by atoms with van der Waals surface area (Å²) in [6.07, 6.45) is 2.71. The van der Waals surface area contributed by atoms with Gasteiger partial charge in [-0.3, -0.25) is 9.59 Å². The van der Waals surface area contributed by atoms with E-state index in [4.69, 9.17) is 5.26 Å². The second-order valence-corrected chi connectivity index (χ2v) is 5.83. The Bertz CT molecular complexity index is 623. The van der Waals surface area contributed by atoms with E-state index in [1.54, 1.807) is 38.2 Å². The number of nitrogens with one attached hydrogen (secondary N) is 3. The van der Waals surface area contributed by atoms with Crippen molar-refractivity contribution in [3.8, 4) is 6.07 Å². The molecule has 1 aliphatic rings. The van der Waals surface area contributed by atoms with E-state index in [1.807, 2.05) is 6.07 Å². The molecule has 1 fully saturated rings. The third kappa shape index (κ3) is 4.30. The quantitative estimate of drug-likeness (QED) is 0.765. The van der Waals surface area contributed by atoms with Crippen LogP contribution in [0.1, 0.15) is 31.7 Å². The Balaban J connectivity index is 1.94. The summed E-state index contributed by atoms with van der Waals surface area (Å²) < 4.78 is 0. The Morgan fingerprint density at radius 3 is 2.83 bits per heavy atom. The molecule has 6 heteroatoms. The average Bonchev–Trinajstić information content (AvgIpc) is 3.02. The molecule has 0 bridgehead atoms. The summed E-state index contributed by atoms with van der Waals surface area (Å²) in [5, 5.41) is 17.6. The summed E-state index contributed by atoms with van der Waals surface area (Å²) in [4.78, 5) is 24.1. The minimum Gasteiger partial charge on any atom is -0.359 e. The third-order valence-electron chi connectivity index (χ3n) is 4.22. The molecule has 6 nitrogen and oxygen atoms in total. The lowest BCUT2D eigenvalue weighted by Crippen LogP contribution is -2.48. The lowest BCUT2D eigenvalue weighted by Gasteiger charge is -2.23. The average molecular weight is 314 g/mol. The van der Waals surface area contributed by atoms with Gasteiger partial charge in [-0.05, 0) is 38.0 Å². The SMILES string of the molecule is CNC(=O)[C@@H]1CCC[C@H]1N[C@@H](C)C(=O)Nc1cccc(C#N)c1. The molecule has 1 aromatic rings. The van der Waals surface area contributed by atoms with Gasteiger partial charge in [-0.2, -0.15) is 5.26 Å². The molecule has 0 radical (unpaired) electrons. The number of rotatable bonds is 5. The molecular weight excluding hydrogens is 292 g/mol. The highest BCUT2D eigenvalue weighted by Gasteiger charge is 2.33. The molecule has 23 heavy (non-hydrogen) atoms. The van der Waals surface area contributed by atoms with E-state index in [0.717, 1.165) is 19.3 Å². The van der Waals surface area contributed by atoms with Gasteiger partial charge < -0.3 is 16.0 Å². The fraction of sp³-hybridized carbons (Fsp3) is 0.471. The predicted molar refractivity (Wildman–Crippen MR) is 87.6 cm³/mol. The maximum absolute atomic E-state index is 12.3. The van der Waals surface area contributed by atoms with Gasteiger partial charge in [0.2, 0.25) is 11.8 Å². The van der Waals surface area contributed by atoms with Crippen LogP contribution < -0.4 is 16.0 Å². The van der Waals surface area contributed by atoms with Crippen molar-refractivity contribution >= 4 is 17.5 Å². The highest BCUT2D eigenvalue weighted by atomic mass is 16.2. The number of benzene rings is 1. The first-order valence-electron chi connectivity index (χ1n) is 7.84. The number of carbonyl (C=O) groups is 2. The molecule has 0 aliphatic heterocycles. The summed E-state index contributed by atoms with van der Waals surface area (Å²) in [6.45, 7) is 1.78. The Hall–Kier alpha value is -2.39. The zero-order chi connectivity index (χ0) is 16.8. The van der Waals surface area contributed by atoms with Crippen LogP contribution in [0.2, 0.25) is 0 Å². The van der Waals surface area contributed by atoms with Gasteiger partial charge in [-0.1, -0.05) is 12.5 Å². The van der Waals surface area contributed by atoms with Crippen LogP contribution in [-0.4, -0.2) is 30.9 Å². The van der Waals surface area contributed by atoms with Gasteiger partial charge in [0.1, 0.15) is 0 Å². The van der Waals surface area contributed by atoms with E-state index in [0.29, 0.717) is 11.3 Å². The second-order valence-electron chi connectivity index (χ2n) is 5.83. The molecule has 2 rings (SSSR count). The maximum atomic E-state index is 12.3. The van der Waals surface area contributed by atoms with E-state index in [1.165, 1.54) is 0 Å². The van der Waals surface area contributed by atoms with Crippen LogP contribution >= 0.6 is 0 Å². The lowest BCUT2D eigenvalue weighted by molar-refractivity contribution is -0.125. The largest absolute Gasteiger partial charge is 0.359 e. The van der Waals surface area contributed by atoms with E-state index in [2.05, 4.69) is 16.0 Å². The van der Waals surface area contributed by atoms with Gasteiger partial charge in [-0.15, -0.1) is 0 Å². The summed E-state index contributed by atoms with van der Waals surface area (Å²) in [7, 11) is 1.63. The van der Waals surface area contributed by atoms with Gasteiger partial charge in [-0.25, -0.2) is 0 Å². The predicted octanol–water partition coefficient (Wildman–Crippen LogP) is 1.39. The van der Waals surface area contributed by atoms with E-state index >= 15 is 0 Å². The van der Waals surface area contributed by atoms with Crippen molar-refractivity contribution in [1.29, 1.82) is 5.26 Å². The zero-order valence-corrected chi connectivity index (χ0v) is 13.4. The van der Waals surface area contributed by atoms with Gasteiger partial charge in [0.25, 0.3) is 0 Å². The van der Waals surface area contributed by atoms with E-state index < -0.39 is 6.04 Å². The number of anilines is 1. The minimum atomic E-state index is -0.420. The fourth-order valence-corrected chi connectivity index (χ4v) is 2.97. The van der Waals surface area contributed by atoms with Crippen LogP contribution in [0.3, 0.4) is 0 Å². The third-order valence-corrected chi connectivity index (χ3v) is 4.22. The first kappa shape index (κ1) is 17.0. The molecule has 1 aromatic carbocycles. The standard InChI is InChI=1S/C17H22N4O2/c1-11(20-15-8-4-7-14(15)17(23)19-2)16(22)21-13-6-3-5-12(9-13)10-18/h3,5-6,9,11,14-15,20H,4,7-8H2,1-2H3,(H,19,23)(H,21,22)/t11-,14+,15+/m0/s1. The first-order valence-corrected chi connectivity index (χ1v) is 7.84. The zero-order valence-electron chi connectivity index (χ0n) is 13.4. The van der Waals surface area contributed by atoms with Crippen LogP contribution in [0, 0.1) is 17.2 Å². The molecule has 1 saturated carbocycles. The number of carbonyl (C=O) groups excluding carboxylic acids is 2. The van der Waals surface area contributed by atoms with Crippen LogP contribution in [0.5, 0.6) is 0 Å². The summed E-state index contributed by atoms with van der Waals surface area (Å²) >= 11 is 0. The minimum absolute atomic E-state index is 0.0149. The van der Waals surface area contributed by atoms with E-state index in [-0.39, 0.29) is 23.8 Å². The van der Waals surface area contributed by atoms with Crippen LogP contribution in [-0.2, 0) is 9.59 Å². The number of nitriles is 1. The number of nitrogens with zero attached hydrogens (tertiary/aromatic N) is 1. The molecule has 0 unspecified atom stereocenters. The van der Waals surface area contributed by atoms with Crippen molar-refractivity contribution in [3.05, 3.63) is 29.8 Å². The van der Waals surface area contributed by atoms with Gasteiger partial charge in [0, 0.05) is 18.8 Å². The Morgan fingerprint density at radius 2 is 2.13 bits per heavy atom. The molecule has 0 heterocycles. The number of hydrogen-bond donors (Lipinski definition) is 3. The molecule has 0 saturated heterocycles. The maximum Gasteiger partial charge on any atom is 0.241 e. The smallest absolute Gasteiger partial charge is 0.241 e. The summed E-state index contributed by atoms with van der Waals surface area (Å²) in [5.74, 6) is -0.242. The molecular formula is C17H22N4O2. The van der Waals surface area contributed by atoms with Crippen molar-refractivity contribution in [2.45, 2.75) is 38.3 Å². The van der Waals surface area contributed by atoms with Gasteiger partial charge >= 0.3 is 0 Å². The Kier molecular flexibility index (Phi) is 5.72. The molecule has 0 spiro atoms. The normalized spacial score (nSPS) is 21.3. The Morgan fingerprint density at radius 1 is 1.35 bits per heavy atom. The molecule has 3 atom stereocenters.